The van der Waals surface area contributed by atoms with Crippen LogP contribution >= 0.6 is 0 Å². The first-order valence-electron chi connectivity index (χ1n) is 8.38. The number of nitrogens with zero attached hydrogens (tertiary/aromatic N) is 1. The second-order valence-electron chi connectivity index (χ2n) is 5.53. The van der Waals surface area contributed by atoms with Gasteiger partial charge in [0.2, 0.25) is 0 Å². The maximum atomic E-state index is 12.2. The van der Waals surface area contributed by atoms with Gasteiger partial charge in [-0.1, -0.05) is 43.7 Å². The smallest absolute Gasteiger partial charge is 0.273 e. The lowest BCUT2D eigenvalue weighted by atomic mass is 10.1. The van der Waals surface area contributed by atoms with Crippen LogP contribution in [-0.2, 0) is 9.53 Å². The van der Waals surface area contributed by atoms with Crippen molar-refractivity contribution < 1.29 is 14.3 Å². The van der Waals surface area contributed by atoms with Gasteiger partial charge in [0.25, 0.3) is 5.91 Å². The van der Waals surface area contributed by atoms with Crippen LogP contribution in [0.2, 0.25) is 0 Å². The van der Waals surface area contributed by atoms with Gasteiger partial charge in [-0.15, -0.1) is 0 Å². The zero-order chi connectivity index (χ0) is 17.9. The molecule has 2 rings (SSSR count). The summed E-state index contributed by atoms with van der Waals surface area (Å²) < 4.78 is 10.9. The molecule has 0 spiro atoms. The molecule has 0 radical (unpaired) electrons. The van der Waals surface area contributed by atoms with Crippen molar-refractivity contribution in [2.24, 2.45) is 5.10 Å². The lowest BCUT2D eigenvalue weighted by Gasteiger charge is -2.13. The second kappa shape index (κ2) is 10.3. The normalized spacial score (nSPS) is 12.1. The van der Waals surface area contributed by atoms with Gasteiger partial charge in [0.05, 0.1) is 12.8 Å². The molecule has 1 amide bonds. The van der Waals surface area contributed by atoms with Gasteiger partial charge < -0.3 is 9.47 Å². The van der Waals surface area contributed by atoms with Crippen molar-refractivity contribution in [3.05, 3.63) is 65.7 Å². The lowest BCUT2D eigenvalue weighted by Crippen LogP contribution is -2.26. The van der Waals surface area contributed by atoms with Gasteiger partial charge in [-0.2, -0.15) is 5.10 Å². The summed E-state index contributed by atoms with van der Waals surface area (Å²) in [6.07, 6.45) is 3.05. The molecule has 0 saturated heterocycles. The zero-order valence-electron chi connectivity index (χ0n) is 14.6. The Balaban J connectivity index is 1.88. The first kappa shape index (κ1) is 18.7. The summed E-state index contributed by atoms with van der Waals surface area (Å²) >= 11 is 0. The van der Waals surface area contributed by atoms with E-state index in [1.807, 2.05) is 54.6 Å². The number of unbranched alkanes of at least 4 members (excludes halogenated alkanes) is 1. The van der Waals surface area contributed by atoms with E-state index >= 15 is 0 Å². The van der Waals surface area contributed by atoms with Crippen LogP contribution in [0.25, 0.3) is 0 Å². The predicted octanol–water partition coefficient (Wildman–Crippen LogP) is 3.70. The SMILES string of the molecule is CCCCOc1ccc(C=NNC(=O)[C@H](OC)c2ccccc2)cc1. The molecule has 1 atom stereocenters. The number of amides is 1. The van der Waals surface area contributed by atoms with Gasteiger partial charge in [-0.3, -0.25) is 4.79 Å². The van der Waals surface area contributed by atoms with E-state index in [9.17, 15) is 4.79 Å². The summed E-state index contributed by atoms with van der Waals surface area (Å²) in [6.45, 7) is 2.85. The lowest BCUT2D eigenvalue weighted by molar-refractivity contribution is -0.131. The summed E-state index contributed by atoms with van der Waals surface area (Å²) in [7, 11) is 1.50. The van der Waals surface area contributed by atoms with Crippen LogP contribution in [0.5, 0.6) is 5.75 Å². The van der Waals surface area contributed by atoms with Gasteiger partial charge in [-0.05, 0) is 41.8 Å². The number of nitrogens with one attached hydrogen (secondary N) is 1. The monoisotopic (exact) mass is 340 g/mol. The number of hydrazone groups is 1. The molecule has 132 valence electrons. The van der Waals surface area contributed by atoms with Gasteiger partial charge in [-0.25, -0.2) is 5.43 Å². The average molecular weight is 340 g/mol. The van der Waals surface area contributed by atoms with Crippen LogP contribution < -0.4 is 10.2 Å². The number of carbonyl (C=O) groups is 1. The van der Waals surface area contributed by atoms with E-state index in [2.05, 4.69) is 17.5 Å². The first-order chi connectivity index (χ1) is 12.2. The highest BCUT2D eigenvalue weighted by Crippen LogP contribution is 2.16. The summed E-state index contributed by atoms with van der Waals surface area (Å²) in [5.74, 6) is 0.516. The molecule has 0 unspecified atom stereocenters. The van der Waals surface area contributed by atoms with Crippen molar-refractivity contribution in [2.75, 3.05) is 13.7 Å². The van der Waals surface area contributed by atoms with Crippen LogP contribution in [-0.4, -0.2) is 25.8 Å². The molecule has 5 heteroatoms. The number of hydrogen-bond donors (Lipinski definition) is 1. The number of carbonyl (C=O) groups excluding carboxylic acids is 1. The Bertz CT molecular complexity index is 669. The fraction of sp³-hybridized carbons (Fsp3) is 0.300. The minimum atomic E-state index is -0.687. The Morgan fingerprint density at radius 2 is 1.88 bits per heavy atom. The molecule has 0 aliphatic carbocycles. The molecular weight excluding hydrogens is 316 g/mol. The van der Waals surface area contributed by atoms with Crippen LogP contribution in [0, 0.1) is 0 Å². The van der Waals surface area contributed by atoms with Crippen molar-refractivity contribution in [1.82, 2.24) is 5.43 Å². The molecule has 25 heavy (non-hydrogen) atoms. The Kier molecular flexibility index (Phi) is 7.66. The van der Waals surface area contributed by atoms with Crippen LogP contribution in [0.3, 0.4) is 0 Å². The van der Waals surface area contributed by atoms with Crippen LogP contribution in [0.1, 0.15) is 37.0 Å². The largest absolute Gasteiger partial charge is 0.494 e. The number of benzene rings is 2. The maximum Gasteiger partial charge on any atom is 0.273 e. The van der Waals surface area contributed by atoms with E-state index in [4.69, 9.17) is 9.47 Å². The number of hydrogen-bond acceptors (Lipinski definition) is 4. The fourth-order valence-electron chi connectivity index (χ4n) is 2.24. The Morgan fingerprint density at radius 3 is 2.52 bits per heavy atom. The Morgan fingerprint density at radius 1 is 1.16 bits per heavy atom. The van der Waals surface area contributed by atoms with Gasteiger partial charge >= 0.3 is 0 Å². The number of methoxy groups -OCH3 is 1. The van der Waals surface area contributed by atoms with Gasteiger partial charge in [0.15, 0.2) is 6.10 Å². The van der Waals surface area contributed by atoms with Crippen molar-refractivity contribution in [3.8, 4) is 5.75 Å². The van der Waals surface area contributed by atoms with Gasteiger partial charge in [0.1, 0.15) is 5.75 Å². The Labute approximate surface area is 148 Å². The molecule has 0 aliphatic rings. The highest BCUT2D eigenvalue weighted by molar-refractivity contribution is 5.85. The minimum absolute atomic E-state index is 0.315. The third-order valence-electron chi connectivity index (χ3n) is 3.61. The van der Waals surface area contributed by atoms with Gasteiger partial charge in [0, 0.05) is 7.11 Å². The molecule has 0 aliphatic heterocycles. The van der Waals surface area contributed by atoms with E-state index in [1.165, 1.54) is 7.11 Å². The molecule has 0 saturated carbocycles. The van der Waals surface area contributed by atoms with Crippen molar-refractivity contribution >= 4 is 12.1 Å². The fourth-order valence-corrected chi connectivity index (χ4v) is 2.24. The third-order valence-corrected chi connectivity index (χ3v) is 3.61. The van der Waals surface area contributed by atoms with Crippen molar-refractivity contribution in [2.45, 2.75) is 25.9 Å². The minimum Gasteiger partial charge on any atom is -0.494 e. The summed E-state index contributed by atoms with van der Waals surface area (Å²) in [4.78, 5) is 12.2. The van der Waals surface area contributed by atoms with E-state index in [0.717, 1.165) is 36.3 Å². The number of ether oxygens (including phenoxy) is 2. The number of rotatable bonds is 9. The molecule has 0 aromatic heterocycles. The summed E-state index contributed by atoms with van der Waals surface area (Å²) in [5.41, 5.74) is 4.17. The highest BCUT2D eigenvalue weighted by Gasteiger charge is 2.18. The van der Waals surface area contributed by atoms with Crippen molar-refractivity contribution in [1.29, 1.82) is 0 Å². The van der Waals surface area contributed by atoms with Crippen molar-refractivity contribution in [3.63, 3.8) is 0 Å². The predicted molar refractivity (Wildman–Crippen MR) is 98.8 cm³/mol. The average Bonchev–Trinajstić information content (AvgIpc) is 2.65. The third kappa shape index (κ3) is 6.04. The highest BCUT2D eigenvalue weighted by atomic mass is 16.5. The maximum absolute atomic E-state index is 12.2. The first-order valence-corrected chi connectivity index (χ1v) is 8.38. The molecule has 0 bridgehead atoms. The summed E-state index contributed by atoms with van der Waals surface area (Å²) in [6, 6.07) is 16.9. The van der Waals surface area contributed by atoms with Crippen LogP contribution in [0.4, 0.5) is 0 Å². The molecule has 0 heterocycles. The van der Waals surface area contributed by atoms with Crippen LogP contribution in [0.15, 0.2) is 59.7 Å². The molecule has 1 N–H and O–H groups in total. The van der Waals surface area contributed by atoms with E-state index in [0.29, 0.717) is 0 Å². The molecular formula is C20H24N2O3. The molecule has 2 aromatic carbocycles. The van der Waals surface area contributed by atoms with E-state index in [-0.39, 0.29) is 5.91 Å². The molecule has 5 nitrogen and oxygen atoms in total. The zero-order valence-corrected chi connectivity index (χ0v) is 14.6. The van der Waals surface area contributed by atoms with E-state index in [1.54, 1.807) is 6.21 Å². The molecule has 2 aromatic rings. The topological polar surface area (TPSA) is 59.9 Å². The summed E-state index contributed by atoms with van der Waals surface area (Å²) in [5, 5.41) is 4.00. The quantitative estimate of drug-likeness (QED) is 0.430. The second-order valence-corrected chi connectivity index (χ2v) is 5.53. The Hall–Kier alpha value is -2.66. The molecule has 0 fully saturated rings. The standard InChI is InChI=1S/C20H24N2O3/c1-3-4-14-25-18-12-10-16(11-13-18)15-21-22-20(23)19(24-2)17-8-6-5-7-9-17/h5-13,15,19H,3-4,14H2,1-2H3,(H,22,23)/t19-/m1/s1. The van der Waals surface area contributed by atoms with E-state index < -0.39 is 6.10 Å².